The Labute approximate surface area is 81.7 Å². The van der Waals surface area contributed by atoms with Crippen molar-refractivity contribution in [1.82, 2.24) is 4.90 Å². The third-order valence-corrected chi connectivity index (χ3v) is 2.26. The predicted octanol–water partition coefficient (Wildman–Crippen LogP) is 0.0411. The molecule has 1 heterocycles. The molecule has 0 radical (unpaired) electrons. The van der Waals surface area contributed by atoms with Gasteiger partial charge in [0.25, 0.3) is 0 Å². The number of hydrogen-bond donors (Lipinski definition) is 1. The van der Waals surface area contributed by atoms with E-state index in [1.165, 1.54) is 11.8 Å². The first kappa shape index (κ1) is 10.7. The smallest absolute Gasteiger partial charge is 0.326 e. The van der Waals surface area contributed by atoms with Crippen LogP contribution in [0.15, 0.2) is 0 Å². The van der Waals surface area contributed by atoms with Gasteiger partial charge < -0.3 is 10.0 Å². The van der Waals surface area contributed by atoms with Crippen molar-refractivity contribution in [2.24, 2.45) is 0 Å². The van der Waals surface area contributed by atoms with E-state index in [9.17, 15) is 14.4 Å². The highest BCUT2D eigenvalue weighted by molar-refractivity contribution is 5.98. The summed E-state index contributed by atoms with van der Waals surface area (Å²) in [4.78, 5) is 34.1. The number of hydrogen-bond acceptors (Lipinski definition) is 3. The van der Waals surface area contributed by atoms with Crippen LogP contribution in [0.1, 0.15) is 26.2 Å². The van der Waals surface area contributed by atoms with Crippen LogP contribution in [0.2, 0.25) is 0 Å². The second-order valence-electron chi connectivity index (χ2n) is 3.46. The number of carbonyl (C=O) groups excluding carboxylic acids is 2. The number of likely N-dealkylation sites (tertiary alicyclic amines) is 1. The van der Waals surface area contributed by atoms with Crippen LogP contribution < -0.4 is 0 Å². The lowest BCUT2D eigenvalue weighted by Gasteiger charge is -2.20. The molecule has 1 rings (SSSR count). The number of carboxylic acid groups (broad SMARTS) is 1. The molecule has 78 valence electrons. The van der Waals surface area contributed by atoms with Gasteiger partial charge in [-0.3, -0.25) is 9.59 Å². The van der Waals surface area contributed by atoms with Gasteiger partial charge in [-0.1, -0.05) is 0 Å². The van der Waals surface area contributed by atoms with E-state index >= 15 is 0 Å². The van der Waals surface area contributed by atoms with Gasteiger partial charge >= 0.3 is 5.97 Å². The molecule has 5 nitrogen and oxygen atoms in total. The fourth-order valence-corrected chi connectivity index (χ4v) is 1.64. The van der Waals surface area contributed by atoms with Crippen LogP contribution in [0.25, 0.3) is 0 Å². The molecule has 1 N–H and O–H groups in total. The summed E-state index contributed by atoms with van der Waals surface area (Å²) in [5.74, 6) is -1.59. The van der Waals surface area contributed by atoms with E-state index in [0.717, 1.165) is 0 Å². The Morgan fingerprint density at radius 2 is 2.07 bits per heavy atom. The van der Waals surface area contributed by atoms with Gasteiger partial charge in [0.2, 0.25) is 5.91 Å². The molecule has 0 spiro atoms. The maximum Gasteiger partial charge on any atom is 0.326 e. The minimum atomic E-state index is -0.987. The second-order valence-corrected chi connectivity index (χ2v) is 3.46. The van der Waals surface area contributed by atoms with Crippen LogP contribution in [0.3, 0.4) is 0 Å². The van der Waals surface area contributed by atoms with Crippen molar-refractivity contribution in [3.05, 3.63) is 0 Å². The van der Waals surface area contributed by atoms with Crippen molar-refractivity contribution < 1.29 is 19.5 Å². The summed E-state index contributed by atoms with van der Waals surface area (Å²) in [6.07, 6.45) is 0.989. The van der Waals surface area contributed by atoms with Gasteiger partial charge in [0, 0.05) is 6.54 Å². The molecule has 0 aromatic heterocycles. The molecule has 0 aromatic carbocycles. The fourth-order valence-electron chi connectivity index (χ4n) is 1.64. The number of carboxylic acids is 1. The van der Waals surface area contributed by atoms with E-state index < -0.39 is 12.0 Å². The molecule has 0 saturated carbocycles. The largest absolute Gasteiger partial charge is 0.480 e. The Kier molecular flexibility index (Phi) is 3.22. The summed E-state index contributed by atoms with van der Waals surface area (Å²) in [5, 5.41) is 8.79. The summed E-state index contributed by atoms with van der Waals surface area (Å²) in [7, 11) is 0. The summed E-state index contributed by atoms with van der Waals surface area (Å²) >= 11 is 0. The first-order valence-electron chi connectivity index (χ1n) is 4.54. The molecular formula is C9H13NO4. The zero-order chi connectivity index (χ0) is 10.7. The Balaban J connectivity index is 2.62. The molecule has 1 saturated heterocycles. The molecule has 1 fully saturated rings. The van der Waals surface area contributed by atoms with E-state index in [1.54, 1.807) is 0 Å². The van der Waals surface area contributed by atoms with Gasteiger partial charge in [-0.05, 0) is 19.8 Å². The number of nitrogens with zero attached hydrogens (tertiary/aromatic N) is 1. The van der Waals surface area contributed by atoms with Crippen LogP contribution in [0.5, 0.6) is 0 Å². The summed E-state index contributed by atoms with van der Waals surface area (Å²) in [5.41, 5.74) is 0. The molecule has 0 unspecified atom stereocenters. The number of ketones is 1. The minimum Gasteiger partial charge on any atom is -0.480 e. The molecule has 0 aliphatic carbocycles. The van der Waals surface area contributed by atoms with Crippen LogP contribution in [-0.2, 0) is 14.4 Å². The average molecular weight is 199 g/mol. The zero-order valence-electron chi connectivity index (χ0n) is 8.02. The highest BCUT2D eigenvalue weighted by Gasteiger charge is 2.33. The SMILES string of the molecule is CC(=O)CC(=O)N1CCC[C@H]1C(=O)O. The van der Waals surface area contributed by atoms with Crippen molar-refractivity contribution >= 4 is 17.7 Å². The average Bonchev–Trinajstić information content (AvgIpc) is 2.49. The van der Waals surface area contributed by atoms with Gasteiger partial charge in [0.05, 0.1) is 6.42 Å². The Morgan fingerprint density at radius 3 is 2.57 bits per heavy atom. The Bertz CT molecular complexity index is 274. The lowest BCUT2D eigenvalue weighted by atomic mass is 10.2. The van der Waals surface area contributed by atoms with Crippen LogP contribution >= 0.6 is 0 Å². The van der Waals surface area contributed by atoms with Crippen molar-refractivity contribution in [3.63, 3.8) is 0 Å². The number of rotatable bonds is 3. The maximum absolute atomic E-state index is 11.4. The maximum atomic E-state index is 11.4. The molecular weight excluding hydrogens is 186 g/mol. The second kappa shape index (κ2) is 4.21. The molecule has 1 aliphatic heterocycles. The van der Waals surface area contributed by atoms with Gasteiger partial charge in [0.15, 0.2) is 0 Å². The van der Waals surface area contributed by atoms with Crippen LogP contribution in [0.4, 0.5) is 0 Å². The van der Waals surface area contributed by atoms with E-state index in [4.69, 9.17) is 5.11 Å². The summed E-state index contributed by atoms with van der Waals surface area (Å²) in [6, 6.07) is -0.734. The van der Waals surface area contributed by atoms with Gasteiger partial charge in [-0.15, -0.1) is 0 Å². The molecule has 0 bridgehead atoms. The summed E-state index contributed by atoms with van der Waals surface area (Å²) < 4.78 is 0. The van der Waals surface area contributed by atoms with Gasteiger partial charge in [-0.25, -0.2) is 4.79 Å². The number of Topliss-reactive ketones (excluding diaryl/α,β-unsaturated/α-hetero) is 1. The minimum absolute atomic E-state index is 0.191. The fraction of sp³-hybridized carbons (Fsp3) is 0.667. The standard InChI is InChI=1S/C9H13NO4/c1-6(11)5-8(12)10-4-2-3-7(10)9(13)14/h7H,2-5H2,1H3,(H,13,14)/t7-/m0/s1. The highest BCUT2D eigenvalue weighted by Crippen LogP contribution is 2.18. The summed E-state index contributed by atoms with van der Waals surface area (Å²) in [6.45, 7) is 1.77. The monoisotopic (exact) mass is 199 g/mol. The number of aliphatic carboxylic acids is 1. The van der Waals surface area contributed by atoms with Crippen molar-refractivity contribution in [2.45, 2.75) is 32.2 Å². The molecule has 1 amide bonds. The number of amides is 1. The molecule has 1 atom stereocenters. The Morgan fingerprint density at radius 1 is 1.43 bits per heavy atom. The van der Waals surface area contributed by atoms with Gasteiger partial charge in [-0.2, -0.15) is 0 Å². The first-order chi connectivity index (χ1) is 6.52. The lowest BCUT2D eigenvalue weighted by molar-refractivity contribution is -0.149. The highest BCUT2D eigenvalue weighted by atomic mass is 16.4. The molecule has 5 heteroatoms. The van der Waals surface area contributed by atoms with Gasteiger partial charge in [0.1, 0.15) is 11.8 Å². The Hall–Kier alpha value is -1.39. The van der Waals surface area contributed by atoms with E-state index in [-0.39, 0.29) is 18.1 Å². The van der Waals surface area contributed by atoms with Crippen LogP contribution in [-0.4, -0.2) is 40.3 Å². The zero-order valence-corrected chi connectivity index (χ0v) is 8.02. The van der Waals surface area contributed by atoms with Crippen molar-refractivity contribution in [3.8, 4) is 0 Å². The van der Waals surface area contributed by atoms with Crippen molar-refractivity contribution in [2.75, 3.05) is 6.54 Å². The predicted molar refractivity (Wildman–Crippen MR) is 47.7 cm³/mol. The first-order valence-corrected chi connectivity index (χ1v) is 4.54. The quantitative estimate of drug-likeness (QED) is 0.651. The van der Waals surface area contributed by atoms with Crippen LogP contribution in [0, 0.1) is 0 Å². The molecule has 14 heavy (non-hydrogen) atoms. The normalized spacial score (nSPS) is 20.9. The molecule has 0 aromatic rings. The van der Waals surface area contributed by atoms with E-state index in [1.807, 2.05) is 0 Å². The topological polar surface area (TPSA) is 74.7 Å². The third kappa shape index (κ3) is 2.31. The number of carbonyl (C=O) groups is 3. The van der Waals surface area contributed by atoms with E-state index in [0.29, 0.717) is 19.4 Å². The lowest BCUT2D eigenvalue weighted by Crippen LogP contribution is -2.40. The van der Waals surface area contributed by atoms with Crippen molar-refractivity contribution in [1.29, 1.82) is 0 Å². The van der Waals surface area contributed by atoms with E-state index in [2.05, 4.69) is 0 Å². The molecule has 1 aliphatic rings. The third-order valence-electron chi connectivity index (χ3n) is 2.26.